The van der Waals surface area contributed by atoms with E-state index in [1.165, 1.54) is 59.4 Å². The van der Waals surface area contributed by atoms with Gasteiger partial charge in [0.2, 0.25) is 0 Å². The molecule has 1 aliphatic rings. The summed E-state index contributed by atoms with van der Waals surface area (Å²) >= 11 is 1.79. The third-order valence-electron chi connectivity index (χ3n) is 7.92. The van der Waals surface area contributed by atoms with Crippen LogP contribution in [0, 0.1) is 5.92 Å². The molecular weight excluding hydrogens is 508 g/mol. The number of rotatable bonds is 4. The lowest BCUT2D eigenvalue weighted by Gasteiger charge is -2.15. The first-order valence-electron chi connectivity index (χ1n) is 13.6. The molecule has 0 N–H and O–H groups in total. The summed E-state index contributed by atoms with van der Waals surface area (Å²) in [5.74, 6) is 0.545. The second kappa shape index (κ2) is 9.25. The molecule has 0 saturated heterocycles. The highest BCUT2D eigenvalue weighted by molar-refractivity contribution is 7.99. The Bertz CT molecular complexity index is 2010. The maximum absolute atomic E-state index is 4.42. The Balaban J connectivity index is 1.10. The lowest BCUT2D eigenvalue weighted by atomic mass is 9.94. The van der Waals surface area contributed by atoms with Crippen LogP contribution in [0.25, 0.3) is 50.2 Å². The van der Waals surface area contributed by atoms with Crippen LogP contribution in [0.15, 0.2) is 126 Å². The van der Waals surface area contributed by atoms with E-state index in [2.05, 4.69) is 123 Å². The van der Waals surface area contributed by atoms with Crippen LogP contribution in [0.4, 0.5) is 0 Å². The van der Waals surface area contributed by atoms with Crippen LogP contribution in [0.1, 0.15) is 18.2 Å². The van der Waals surface area contributed by atoms with Crippen LogP contribution < -0.4 is 0 Å². The number of nitrogens with zero attached hydrogens (tertiary/aromatic N) is 4. The maximum atomic E-state index is 4.42. The van der Waals surface area contributed by atoms with E-state index in [0.29, 0.717) is 5.92 Å². The van der Waals surface area contributed by atoms with Crippen molar-refractivity contribution in [1.82, 2.24) is 19.1 Å². The summed E-state index contributed by atoms with van der Waals surface area (Å²) in [5, 5.41) is 3.66. The number of aromatic nitrogens is 4. The number of fused-ring (bicyclic) bond motifs is 6. The van der Waals surface area contributed by atoms with Crippen molar-refractivity contribution in [2.75, 3.05) is 0 Å². The largest absolute Gasteiger partial charge is 0.309 e. The highest BCUT2D eigenvalue weighted by Gasteiger charge is 2.21. The molecule has 192 valence electrons. The summed E-state index contributed by atoms with van der Waals surface area (Å²) < 4.78 is 4.70. The molecule has 3 aromatic carbocycles. The molecule has 0 fully saturated rings. The summed E-state index contributed by atoms with van der Waals surface area (Å²) in [6.45, 7) is 2.28. The van der Waals surface area contributed by atoms with Crippen LogP contribution in [-0.2, 0) is 6.42 Å². The van der Waals surface area contributed by atoms with Crippen molar-refractivity contribution < 1.29 is 0 Å². The van der Waals surface area contributed by atoms with Gasteiger partial charge in [-0.3, -0.25) is 9.97 Å². The fourth-order valence-corrected chi connectivity index (χ4v) is 6.90. The van der Waals surface area contributed by atoms with E-state index < -0.39 is 0 Å². The van der Waals surface area contributed by atoms with E-state index in [0.717, 1.165) is 12.1 Å². The molecule has 4 aromatic heterocycles. The quantitative estimate of drug-likeness (QED) is 0.226. The van der Waals surface area contributed by atoms with Crippen LogP contribution in [0.3, 0.4) is 0 Å². The van der Waals surface area contributed by atoms with Crippen molar-refractivity contribution in [3.63, 3.8) is 0 Å². The maximum Gasteiger partial charge on any atom is 0.0571 e. The summed E-state index contributed by atoms with van der Waals surface area (Å²) in [5.41, 5.74) is 8.59. The summed E-state index contributed by atoms with van der Waals surface area (Å²) in [6.07, 6.45) is 13.4. The SMILES string of the molecule is CC1C=Cc2c(c3cnccc3n2-c2ccc(Sc3ccc(-n4c5ccccc5c5cnccc54)cc3)cc2)C1. The van der Waals surface area contributed by atoms with Gasteiger partial charge < -0.3 is 9.13 Å². The topological polar surface area (TPSA) is 35.6 Å². The second-order valence-corrected chi connectivity index (χ2v) is 11.6. The zero-order chi connectivity index (χ0) is 26.6. The Kier molecular flexibility index (Phi) is 5.39. The van der Waals surface area contributed by atoms with Gasteiger partial charge in [-0.2, -0.15) is 0 Å². The molecule has 1 aliphatic carbocycles. The van der Waals surface area contributed by atoms with Gasteiger partial charge in [0.1, 0.15) is 0 Å². The van der Waals surface area contributed by atoms with Crippen LogP contribution >= 0.6 is 11.8 Å². The van der Waals surface area contributed by atoms with Gasteiger partial charge in [-0.15, -0.1) is 0 Å². The molecule has 0 aliphatic heterocycles. The lowest BCUT2D eigenvalue weighted by molar-refractivity contribution is 0.717. The Morgan fingerprint density at radius 3 is 1.98 bits per heavy atom. The molecule has 0 radical (unpaired) electrons. The molecule has 1 unspecified atom stereocenters. The smallest absolute Gasteiger partial charge is 0.0571 e. The Hall–Kier alpha value is -4.61. The molecule has 4 nitrogen and oxygen atoms in total. The first-order chi connectivity index (χ1) is 19.7. The van der Waals surface area contributed by atoms with E-state index in [-0.39, 0.29) is 0 Å². The van der Waals surface area contributed by atoms with Crippen LogP contribution in [0.2, 0.25) is 0 Å². The molecule has 4 heterocycles. The summed E-state index contributed by atoms with van der Waals surface area (Å²) in [4.78, 5) is 11.2. The van der Waals surface area contributed by atoms with E-state index in [4.69, 9.17) is 0 Å². The molecular formula is C35H26N4S. The Morgan fingerprint density at radius 1 is 0.650 bits per heavy atom. The highest BCUT2D eigenvalue weighted by atomic mass is 32.2. The van der Waals surface area contributed by atoms with E-state index in [9.17, 15) is 0 Å². The third kappa shape index (κ3) is 3.69. The first kappa shape index (κ1) is 23.3. The molecule has 0 bridgehead atoms. The average molecular weight is 535 g/mol. The fourth-order valence-electron chi connectivity index (χ4n) is 6.09. The zero-order valence-electron chi connectivity index (χ0n) is 22.0. The summed E-state index contributed by atoms with van der Waals surface area (Å²) in [7, 11) is 0. The minimum Gasteiger partial charge on any atom is -0.309 e. The van der Waals surface area contributed by atoms with Crippen molar-refractivity contribution >= 4 is 50.5 Å². The third-order valence-corrected chi connectivity index (χ3v) is 8.94. The van der Waals surface area contributed by atoms with Crippen molar-refractivity contribution in [2.24, 2.45) is 5.92 Å². The Morgan fingerprint density at radius 2 is 1.25 bits per heavy atom. The molecule has 40 heavy (non-hydrogen) atoms. The first-order valence-corrected chi connectivity index (χ1v) is 14.4. The number of pyridine rings is 2. The van der Waals surface area contributed by atoms with Crippen LogP contribution in [0.5, 0.6) is 0 Å². The minimum absolute atomic E-state index is 0.545. The van der Waals surface area contributed by atoms with E-state index in [1.54, 1.807) is 11.8 Å². The molecule has 0 amide bonds. The van der Waals surface area contributed by atoms with Crippen LogP contribution in [-0.4, -0.2) is 19.1 Å². The van der Waals surface area contributed by atoms with Gasteiger partial charge in [-0.05, 0) is 90.7 Å². The normalized spacial score (nSPS) is 14.8. The zero-order valence-corrected chi connectivity index (χ0v) is 22.8. The van der Waals surface area contributed by atoms with E-state index >= 15 is 0 Å². The summed E-state index contributed by atoms with van der Waals surface area (Å²) in [6, 6.07) is 30.5. The van der Waals surface area contributed by atoms with Crippen molar-refractivity contribution in [3.8, 4) is 11.4 Å². The van der Waals surface area contributed by atoms with Gasteiger partial charge in [0.05, 0.1) is 16.6 Å². The Labute approximate surface area is 236 Å². The molecule has 8 rings (SSSR count). The highest BCUT2D eigenvalue weighted by Crippen LogP contribution is 2.37. The number of para-hydroxylation sites is 1. The van der Waals surface area contributed by atoms with Crippen molar-refractivity contribution in [2.45, 2.75) is 23.1 Å². The predicted molar refractivity (Wildman–Crippen MR) is 166 cm³/mol. The molecule has 0 spiro atoms. The minimum atomic E-state index is 0.545. The van der Waals surface area contributed by atoms with Gasteiger partial charge in [-0.1, -0.05) is 43.0 Å². The number of allylic oxidation sites excluding steroid dienone is 1. The van der Waals surface area contributed by atoms with Crippen molar-refractivity contribution in [1.29, 1.82) is 0 Å². The van der Waals surface area contributed by atoms with Crippen molar-refractivity contribution in [3.05, 3.63) is 127 Å². The lowest BCUT2D eigenvalue weighted by Crippen LogP contribution is -2.05. The monoisotopic (exact) mass is 534 g/mol. The molecule has 5 heteroatoms. The number of hydrogen-bond donors (Lipinski definition) is 0. The van der Waals surface area contributed by atoms with E-state index in [1.807, 2.05) is 24.8 Å². The second-order valence-electron chi connectivity index (χ2n) is 10.5. The number of benzene rings is 3. The molecule has 0 saturated carbocycles. The predicted octanol–water partition coefficient (Wildman–Crippen LogP) is 8.87. The standard InChI is InChI=1S/C35H26N4S/c1-23-6-15-33-29(20-23)31-22-37-19-17-35(31)39(33)25-9-13-27(14-10-25)40-26-11-7-24(8-12-26)38-32-5-3-2-4-28(32)30-21-36-18-16-34(30)38/h2-19,21-23H,20H2,1H3. The fraction of sp³-hybridized carbons (Fsp3) is 0.0857. The average Bonchev–Trinajstić information content (AvgIpc) is 3.51. The van der Waals surface area contributed by atoms with Gasteiger partial charge in [0.15, 0.2) is 0 Å². The van der Waals surface area contributed by atoms with Gasteiger partial charge in [0, 0.05) is 67.8 Å². The van der Waals surface area contributed by atoms with Gasteiger partial charge in [0.25, 0.3) is 0 Å². The van der Waals surface area contributed by atoms with Gasteiger partial charge in [-0.25, -0.2) is 0 Å². The molecule has 7 aromatic rings. The molecule has 1 atom stereocenters. The number of hydrogen-bond acceptors (Lipinski definition) is 3. The van der Waals surface area contributed by atoms with Gasteiger partial charge >= 0.3 is 0 Å².